The minimum atomic E-state index is -1.13. The molecule has 0 spiro atoms. The minimum Gasteiger partial charge on any atom is -0.480 e. The van der Waals surface area contributed by atoms with Crippen LogP contribution in [0.5, 0.6) is 0 Å². The standard InChI is InChI=1S/C9H12N2O5S/c12-4-1-6(8(14)15)11(2-4)7(13)5-3-17-9(16)10-5/h4-6,12H,1-3H2,(H,10,16)(H,14,15). The maximum atomic E-state index is 12.0. The lowest BCUT2D eigenvalue weighted by Crippen LogP contribution is -2.49. The molecule has 0 radical (unpaired) electrons. The van der Waals surface area contributed by atoms with Crippen LogP contribution in [0, 0.1) is 0 Å². The van der Waals surface area contributed by atoms with Gasteiger partial charge in [-0.15, -0.1) is 0 Å². The Kier molecular flexibility index (Phi) is 3.25. The molecular formula is C9H12N2O5S. The second kappa shape index (κ2) is 4.53. The molecule has 0 aliphatic carbocycles. The number of β-amino-alcohol motifs (C(OH)–C–C–N with tert-alkyl or cyclic N) is 1. The first-order valence-corrected chi connectivity index (χ1v) is 6.12. The minimum absolute atomic E-state index is 0.00678. The monoisotopic (exact) mass is 260 g/mol. The van der Waals surface area contributed by atoms with Crippen LogP contribution in [-0.4, -0.2) is 62.7 Å². The fraction of sp³-hybridized carbons (Fsp3) is 0.667. The molecule has 0 aromatic carbocycles. The molecule has 8 heteroatoms. The van der Waals surface area contributed by atoms with Crippen LogP contribution in [0.25, 0.3) is 0 Å². The van der Waals surface area contributed by atoms with Gasteiger partial charge < -0.3 is 20.4 Å². The molecule has 7 nitrogen and oxygen atoms in total. The van der Waals surface area contributed by atoms with Gasteiger partial charge in [0.1, 0.15) is 12.1 Å². The van der Waals surface area contributed by atoms with E-state index in [9.17, 15) is 19.5 Å². The molecule has 2 aliphatic rings. The van der Waals surface area contributed by atoms with E-state index in [0.29, 0.717) is 5.75 Å². The maximum absolute atomic E-state index is 12.0. The van der Waals surface area contributed by atoms with Gasteiger partial charge in [0, 0.05) is 18.7 Å². The molecule has 0 aromatic heterocycles. The molecule has 2 saturated heterocycles. The summed E-state index contributed by atoms with van der Waals surface area (Å²) in [6.45, 7) is 0.00678. The van der Waals surface area contributed by atoms with E-state index in [1.165, 1.54) is 0 Å². The van der Waals surface area contributed by atoms with Crippen molar-refractivity contribution >= 4 is 28.9 Å². The number of aliphatic hydroxyl groups is 1. The van der Waals surface area contributed by atoms with Gasteiger partial charge in [0.25, 0.3) is 5.24 Å². The number of carboxylic acids is 1. The van der Waals surface area contributed by atoms with Gasteiger partial charge >= 0.3 is 5.97 Å². The van der Waals surface area contributed by atoms with E-state index in [1.807, 2.05) is 0 Å². The topological polar surface area (TPSA) is 107 Å². The molecule has 17 heavy (non-hydrogen) atoms. The summed E-state index contributed by atoms with van der Waals surface area (Å²) in [5.41, 5.74) is 0. The Balaban J connectivity index is 2.07. The lowest BCUT2D eigenvalue weighted by atomic mass is 10.2. The van der Waals surface area contributed by atoms with Crippen LogP contribution >= 0.6 is 11.8 Å². The van der Waals surface area contributed by atoms with Crippen LogP contribution < -0.4 is 5.32 Å². The van der Waals surface area contributed by atoms with Gasteiger partial charge in [-0.05, 0) is 0 Å². The van der Waals surface area contributed by atoms with E-state index in [4.69, 9.17) is 5.11 Å². The Bertz CT molecular complexity index is 374. The number of thioether (sulfide) groups is 1. The second-order valence-electron chi connectivity index (χ2n) is 4.03. The van der Waals surface area contributed by atoms with Gasteiger partial charge in [-0.1, -0.05) is 11.8 Å². The van der Waals surface area contributed by atoms with Gasteiger partial charge in [0.05, 0.1) is 6.10 Å². The number of rotatable bonds is 2. The predicted octanol–water partition coefficient (Wildman–Crippen LogP) is -1.14. The number of carbonyl (C=O) groups is 3. The van der Waals surface area contributed by atoms with Crippen LogP contribution in [0.2, 0.25) is 0 Å². The van der Waals surface area contributed by atoms with Gasteiger partial charge in [0.15, 0.2) is 0 Å². The number of likely N-dealkylation sites (tertiary alicyclic amines) is 1. The SMILES string of the molecule is O=C1NC(C(=O)N2CC(O)CC2C(=O)O)CS1. The number of aliphatic hydroxyl groups excluding tert-OH is 1. The molecule has 2 fully saturated rings. The summed E-state index contributed by atoms with van der Waals surface area (Å²) in [5, 5.41) is 20.5. The van der Waals surface area contributed by atoms with E-state index in [0.717, 1.165) is 16.7 Å². The smallest absolute Gasteiger partial charge is 0.326 e. The average molecular weight is 260 g/mol. The van der Waals surface area contributed by atoms with Gasteiger partial charge in [-0.2, -0.15) is 0 Å². The number of carbonyl (C=O) groups excluding carboxylic acids is 2. The number of aliphatic carboxylic acids is 1. The molecule has 0 bridgehead atoms. The number of hydrogen-bond donors (Lipinski definition) is 3. The van der Waals surface area contributed by atoms with Crippen molar-refractivity contribution in [3.63, 3.8) is 0 Å². The molecular weight excluding hydrogens is 248 g/mol. The van der Waals surface area contributed by atoms with Gasteiger partial charge in [0.2, 0.25) is 5.91 Å². The first-order valence-electron chi connectivity index (χ1n) is 5.13. The number of nitrogens with zero attached hydrogens (tertiary/aromatic N) is 1. The van der Waals surface area contributed by atoms with Crippen LogP contribution in [0.3, 0.4) is 0 Å². The Hall–Kier alpha value is -1.28. The van der Waals surface area contributed by atoms with Crippen molar-refractivity contribution in [3.05, 3.63) is 0 Å². The summed E-state index contributed by atoms with van der Waals surface area (Å²) >= 11 is 0.995. The zero-order chi connectivity index (χ0) is 12.6. The van der Waals surface area contributed by atoms with E-state index in [1.54, 1.807) is 0 Å². The van der Waals surface area contributed by atoms with Crippen LogP contribution in [0.1, 0.15) is 6.42 Å². The van der Waals surface area contributed by atoms with Crippen molar-refractivity contribution in [2.24, 2.45) is 0 Å². The molecule has 2 rings (SSSR count). The third-order valence-electron chi connectivity index (χ3n) is 2.82. The van der Waals surface area contributed by atoms with Crippen molar-refractivity contribution in [1.29, 1.82) is 0 Å². The third kappa shape index (κ3) is 2.37. The van der Waals surface area contributed by atoms with Crippen LogP contribution in [0.4, 0.5) is 4.79 Å². The van der Waals surface area contributed by atoms with Gasteiger partial charge in [-0.3, -0.25) is 9.59 Å². The summed E-state index contributed by atoms with van der Waals surface area (Å²) in [6, 6.07) is -1.68. The summed E-state index contributed by atoms with van der Waals surface area (Å²) in [5.74, 6) is -1.27. The molecule has 2 aliphatic heterocycles. The van der Waals surface area contributed by atoms with Crippen molar-refractivity contribution in [2.75, 3.05) is 12.3 Å². The highest BCUT2D eigenvalue weighted by Gasteiger charge is 2.42. The molecule has 0 saturated carbocycles. The maximum Gasteiger partial charge on any atom is 0.326 e. The molecule has 2 amide bonds. The zero-order valence-corrected chi connectivity index (χ0v) is 9.64. The molecule has 3 unspecified atom stereocenters. The summed E-state index contributed by atoms with van der Waals surface area (Å²) in [7, 11) is 0. The summed E-state index contributed by atoms with van der Waals surface area (Å²) < 4.78 is 0. The normalized spacial score (nSPS) is 32.6. The quantitative estimate of drug-likeness (QED) is 0.579. The van der Waals surface area contributed by atoms with Gasteiger partial charge in [-0.25, -0.2) is 4.79 Å². The average Bonchev–Trinajstić information content (AvgIpc) is 2.83. The Morgan fingerprint density at radius 1 is 1.47 bits per heavy atom. The van der Waals surface area contributed by atoms with E-state index >= 15 is 0 Å². The molecule has 3 N–H and O–H groups in total. The number of hydrogen-bond acceptors (Lipinski definition) is 5. The third-order valence-corrected chi connectivity index (χ3v) is 3.70. The van der Waals surface area contributed by atoms with Crippen molar-refractivity contribution in [3.8, 4) is 0 Å². The van der Waals surface area contributed by atoms with E-state index in [2.05, 4.69) is 5.32 Å². The molecule has 2 heterocycles. The highest BCUT2D eigenvalue weighted by Crippen LogP contribution is 2.22. The van der Waals surface area contributed by atoms with E-state index < -0.39 is 30.1 Å². The fourth-order valence-electron chi connectivity index (χ4n) is 2.01. The summed E-state index contributed by atoms with van der Waals surface area (Å²) in [4.78, 5) is 35.0. The number of nitrogens with one attached hydrogen (secondary N) is 1. The first kappa shape index (κ1) is 12.2. The molecule has 0 aromatic rings. The van der Waals surface area contributed by atoms with E-state index in [-0.39, 0.29) is 18.2 Å². The highest BCUT2D eigenvalue weighted by molar-refractivity contribution is 8.14. The number of amides is 2. The first-order chi connectivity index (χ1) is 7.99. The Labute approximate surface area is 101 Å². The molecule has 3 atom stereocenters. The van der Waals surface area contributed by atoms with Crippen molar-refractivity contribution < 1.29 is 24.6 Å². The predicted molar refractivity (Wildman–Crippen MR) is 58.5 cm³/mol. The van der Waals surface area contributed by atoms with Crippen molar-refractivity contribution in [2.45, 2.75) is 24.6 Å². The fourth-order valence-corrected chi connectivity index (χ4v) is 2.78. The lowest BCUT2D eigenvalue weighted by molar-refractivity contribution is -0.148. The lowest BCUT2D eigenvalue weighted by Gasteiger charge is -2.23. The highest BCUT2D eigenvalue weighted by atomic mass is 32.2. The second-order valence-corrected chi connectivity index (χ2v) is 5.02. The molecule has 94 valence electrons. The Morgan fingerprint density at radius 2 is 2.18 bits per heavy atom. The largest absolute Gasteiger partial charge is 0.480 e. The number of carboxylic acid groups (broad SMARTS) is 1. The zero-order valence-electron chi connectivity index (χ0n) is 8.83. The summed E-state index contributed by atoms with van der Waals surface area (Å²) in [6.07, 6.45) is -0.778. The van der Waals surface area contributed by atoms with Crippen LogP contribution in [-0.2, 0) is 9.59 Å². The Morgan fingerprint density at radius 3 is 2.71 bits per heavy atom. The van der Waals surface area contributed by atoms with Crippen molar-refractivity contribution in [1.82, 2.24) is 10.2 Å². The van der Waals surface area contributed by atoms with Crippen LogP contribution in [0.15, 0.2) is 0 Å².